The first-order chi connectivity index (χ1) is 17.7. The summed E-state index contributed by atoms with van der Waals surface area (Å²) in [4.78, 5) is 33.0. The molecule has 2 aliphatic heterocycles. The van der Waals surface area contributed by atoms with Gasteiger partial charge in [0.25, 0.3) is 5.91 Å². The van der Waals surface area contributed by atoms with Gasteiger partial charge in [0.15, 0.2) is 6.61 Å². The number of amides is 1. The summed E-state index contributed by atoms with van der Waals surface area (Å²) in [5.74, 6) is -1.48. The highest BCUT2D eigenvalue weighted by Crippen LogP contribution is 2.38. The Bertz CT molecular complexity index is 1060. The Morgan fingerprint density at radius 1 is 1.19 bits per heavy atom. The molecule has 9 heteroatoms. The van der Waals surface area contributed by atoms with Crippen LogP contribution in [0.2, 0.25) is 0 Å². The van der Waals surface area contributed by atoms with Gasteiger partial charge in [-0.25, -0.2) is 4.79 Å². The highest BCUT2D eigenvalue weighted by molar-refractivity contribution is 6.01. The molecule has 1 fully saturated rings. The van der Waals surface area contributed by atoms with E-state index in [4.69, 9.17) is 15.3 Å². The molecule has 202 valence electrons. The van der Waals surface area contributed by atoms with Gasteiger partial charge in [0.1, 0.15) is 23.2 Å². The van der Waals surface area contributed by atoms with Crippen LogP contribution in [0.15, 0.2) is 35.5 Å². The van der Waals surface area contributed by atoms with Crippen molar-refractivity contribution in [2.75, 3.05) is 19.7 Å². The van der Waals surface area contributed by atoms with E-state index < -0.39 is 12.1 Å². The molecule has 0 aromatic heterocycles. The molecule has 37 heavy (non-hydrogen) atoms. The van der Waals surface area contributed by atoms with Crippen LogP contribution in [-0.2, 0) is 20.8 Å². The predicted octanol–water partition coefficient (Wildman–Crippen LogP) is 3.93. The van der Waals surface area contributed by atoms with Crippen LogP contribution >= 0.6 is 0 Å². The number of allylic oxidation sites excluding steroid dienone is 1. The van der Waals surface area contributed by atoms with Crippen LogP contribution in [0.5, 0.6) is 11.5 Å². The predicted molar refractivity (Wildman–Crippen MR) is 142 cm³/mol. The SMILES string of the molecule is CC(C)c1c(O)cc(O)c2c1CC(=NOCC(=O)N1CCCCC1)/C=C/C[C@H](N)/C=C/C[C@@H](C)OC2=O. The van der Waals surface area contributed by atoms with Crippen molar-refractivity contribution in [1.82, 2.24) is 4.90 Å². The second-order valence-corrected chi connectivity index (χ2v) is 9.99. The summed E-state index contributed by atoms with van der Waals surface area (Å²) in [6.07, 6.45) is 11.0. The molecule has 1 aromatic carbocycles. The maximum absolute atomic E-state index is 13.2. The topological polar surface area (TPSA) is 135 Å². The highest BCUT2D eigenvalue weighted by atomic mass is 16.6. The van der Waals surface area contributed by atoms with Crippen LogP contribution in [0.4, 0.5) is 0 Å². The van der Waals surface area contributed by atoms with Crippen molar-refractivity contribution in [3.05, 3.63) is 47.1 Å². The zero-order valence-corrected chi connectivity index (χ0v) is 22.0. The lowest BCUT2D eigenvalue weighted by molar-refractivity contribution is -0.137. The molecule has 1 saturated heterocycles. The number of ether oxygens (including phenoxy) is 1. The van der Waals surface area contributed by atoms with Gasteiger partial charge in [-0.1, -0.05) is 37.2 Å². The first-order valence-electron chi connectivity index (χ1n) is 13.0. The standard InChI is InChI=1S/C28H39N3O6/c1-18(2)26-22-15-21(30-36-17-25(34)31-13-5-4-6-14-31)12-8-11-20(29)10-7-9-19(3)37-28(35)27(22)24(33)16-23(26)32/h7-8,10,12,16,18-20,32-33H,4-6,9,11,13-15,17,29H2,1-3H3/b10-7+,12-8+,30-21?/t19-,20-/m1/s1. The molecule has 0 radical (unpaired) electrons. The number of nitrogens with zero attached hydrogens (tertiary/aromatic N) is 2. The smallest absolute Gasteiger partial charge is 0.342 e. The van der Waals surface area contributed by atoms with Crippen LogP contribution in [-0.4, -0.2) is 64.5 Å². The minimum atomic E-state index is -0.693. The zero-order chi connectivity index (χ0) is 26.9. The largest absolute Gasteiger partial charge is 0.508 e. The molecule has 0 bridgehead atoms. The molecular weight excluding hydrogens is 474 g/mol. The van der Waals surface area contributed by atoms with Crippen LogP contribution in [0, 0.1) is 0 Å². The van der Waals surface area contributed by atoms with Gasteiger partial charge in [-0.2, -0.15) is 0 Å². The van der Waals surface area contributed by atoms with Crippen molar-refractivity contribution in [3.63, 3.8) is 0 Å². The number of rotatable bonds is 4. The van der Waals surface area contributed by atoms with E-state index in [0.29, 0.717) is 42.8 Å². The van der Waals surface area contributed by atoms with Crippen molar-refractivity contribution >= 4 is 17.6 Å². The number of hydrogen-bond donors (Lipinski definition) is 3. The Balaban J connectivity index is 1.99. The molecule has 9 nitrogen and oxygen atoms in total. The Morgan fingerprint density at radius 3 is 2.62 bits per heavy atom. The Kier molecular flexibility index (Phi) is 10.1. The number of phenolic OH excluding ortho intramolecular Hbond substituents is 2. The van der Waals surface area contributed by atoms with Crippen molar-refractivity contribution in [1.29, 1.82) is 0 Å². The molecule has 4 N–H and O–H groups in total. The first kappa shape index (κ1) is 28.2. The van der Waals surface area contributed by atoms with E-state index in [0.717, 1.165) is 19.3 Å². The minimum Gasteiger partial charge on any atom is -0.508 e. The van der Waals surface area contributed by atoms with E-state index in [-0.39, 0.29) is 48.0 Å². The summed E-state index contributed by atoms with van der Waals surface area (Å²) in [6.45, 7) is 6.77. The molecule has 0 aliphatic carbocycles. The minimum absolute atomic E-state index is 0.0171. The van der Waals surface area contributed by atoms with Crippen molar-refractivity contribution < 1.29 is 29.4 Å². The van der Waals surface area contributed by atoms with E-state index in [9.17, 15) is 19.8 Å². The number of benzene rings is 1. The number of oxime groups is 1. The monoisotopic (exact) mass is 513 g/mol. The summed E-state index contributed by atoms with van der Waals surface area (Å²) < 4.78 is 5.62. The van der Waals surface area contributed by atoms with E-state index in [1.54, 1.807) is 17.9 Å². The highest BCUT2D eigenvalue weighted by Gasteiger charge is 2.27. The van der Waals surface area contributed by atoms with Crippen LogP contribution < -0.4 is 5.73 Å². The molecule has 0 unspecified atom stereocenters. The lowest BCUT2D eigenvalue weighted by atomic mass is 9.88. The zero-order valence-electron chi connectivity index (χ0n) is 22.0. The van der Waals surface area contributed by atoms with Crippen LogP contribution in [0.25, 0.3) is 0 Å². The summed E-state index contributed by atoms with van der Waals surface area (Å²) >= 11 is 0. The number of nitrogens with two attached hydrogens (primary N) is 1. The fraction of sp³-hybridized carbons (Fsp3) is 0.536. The Labute approximate surface area is 218 Å². The van der Waals surface area contributed by atoms with Crippen molar-refractivity contribution in [3.8, 4) is 11.5 Å². The van der Waals surface area contributed by atoms with E-state index >= 15 is 0 Å². The average molecular weight is 514 g/mol. The third kappa shape index (κ3) is 7.82. The molecule has 3 rings (SSSR count). The lowest BCUT2D eigenvalue weighted by Gasteiger charge is -2.26. The van der Waals surface area contributed by atoms with Gasteiger partial charge in [-0.15, -0.1) is 0 Å². The van der Waals surface area contributed by atoms with Crippen LogP contribution in [0.1, 0.15) is 80.3 Å². The quantitative estimate of drug-likeness (QED) is 0.315. The molecule has 0 spiro atoms. The van der Waals surface area contributed by atoms with Gasteiger partial charge in [-0.05, 0) is 50.2 Å². The molecule has 0 saturated carbocycles. The first-order valence-corrected chi connectivity index (χ1v) is 13.0. The fourth-order valence-electron chi connectivity index (χ4n) is 4.66. The second-order valence-electron chi connectivity index (χ2n) is 9.99. The number of carbonyl (C=O) groups excluding carboxylic acids is 2. The average Bonchev–Trinajstić information content (AvgIpc) is 2.83. The number of piperidine rings is 1. The molecule has 1 aromatic rings. The number of likely N-dealkylation sites (tertiary alicyclic amines) is 1. The number of fused-ring (bicyclic) bond motifs is 1. The lowest BCUT2D eigenvalue weighted by Crippen LogP contribution is -2.37. The molecule has 2 atom stereocenters. The molecule has 2 heterocycles. The Morgan fingerprint density at radius 2 is 1.92 bits per heavy atom. The summed E-state index contributed by atoms with van der Waals surface area (Å²) in [5, 5.41) is 25.6. The number of aromatic hydroxyl groups is 2. The maximum Gasteiger partial charge on any atom is 0.342 e. The second kappa shape index (κ2) is 13.3. The van der Waals surface area contributed by atoms with Gasteiger partial charge in [0, 0.05) is 43.6 Å². The normalized spacial score (nSPS) is 24.2. The summed E-state index contributed by atoms with van der Waals surface area (Å²) in [5.41, 5.74) is 7.47. The third-order valence-corrected chi connectivity index (χ3v) is 6.53. The van der Waals surface area contributed by atoms with Gasteiger partial charge >= 0.3 is 5.97 Å². The van der Waals surface area contributed by atoms with E-state index in [1.165, 1.54) is 6.07 Å². The summed E-state index contributed by atoms with van der Waals surface area (Å²) in [6, 6.07) is 0.930. The Hall–Kier alpha value is -3.33. The third-order valence-electron chi connectivity index (χ3n) is 6.53. The van der Waals surface area contributed by atoms with Gasteiger partial charge in [-0.3, -0.25) is 4.79 Å². The molecule has 1 amide bonds. The van der Waals surface area contributed by atoms with Crippen molar-refractivity contribution in [2.24, 2.45) is 10.9 Å². The molecule has 2 aliphatic rings. The van der Waals surface area contributed by atoms with Crippen molar-refractivity contribution in [2.45, 2.75) is 77.4 Å². The van der Waals surface area contributed by atoms with E-state index in [1.807, 2.05) is 32.1 Å². The van der Waals surface area contributed by atoms with Gasteiger partial charge in [0.2, 0.25) is 0 Å². The number of phenols is 2. The number of esters is 1. The van der Waals surface area contributed by atoms with Gasteiger partial charge < -0.3 is 30.4 Å². The van der Waals surface area contributed by atoms with E-state index in [2.05, 4.69) is 5.16 Å². The number of cyclic esters (lactones) is 1. The molecular formula is C28H39N3O6. The maximum atomic E-state index is 13.2. The fourth-order valence-corrected chi connectivity index (χ4v) is 4.66. The number of hydrogen-bond acceptors (Lipinski definition) is 8. The number of carbonyl (C=O) groups is 2. The van der Waals surface area contributed by atoms with Gasteiger partial charge in [0.05, 0.1) is 5.71 Å². The summed E-state index contributed by atoms with van der Waals surface area (Å²) in [7, 11) is 0. The van der Waals surface area contributed by atoms with Crippen LogP contribution in [0.3, 0.4) is 0 Å².